The topological polar surface area (TPSA) is 55.1 Å². The third-order valence-electron chi connectivity index (χ3n) is 2.73. The highest BCUT2D eigenvalue weighted by Gasteiger charge is 2.11. The van der Waals surface area contributed by atoms with E-state index in [4.69, 9.17) is 5.73 Å². The summed E-state index contributed by atoms with van der Waals surface area (Å²) >= 11 is 2.15. The Labute approximate surface area is 124 Å². The van der Waals surface area contributed by atoms with Crippen molar-refractivity contribution in [2.45, 2.75) is 6.92 Å². The van der Waals surface area contributed by atoms with Crippen molar-refractivity contribution in [2.24, 2.45) is 0 Å². The number of benzene rings is 2. The molecular formula is C14H12FIN2O. The van der Waals surface area contributed by atoms with Gasteiger partial charge in [0.1, 0.15) is 5.82 Å². The number of carbonyl (C=O) groups excluding carboxylic acids is 1. The molecular weight excluding hydrogens is 358 g/mol. The molecule has 0 aromatic heterocycles. The average Bonchev–Trinajstić information content (AvgIpc) is 2.35. The smallest absolute Gasteiger partial charge is 0.255 e. The van der Waals surface area contributed by atoms with Gasteiger partial charge in [-0.05, 0) is 59.8 Å². The zero-order valence-corrected chi connectivity index (χ0v) is 12.4. The van der Waals surface area contributed by atoms with Crippen LogP contribution in [0, 0.1) is 16.3 Å². The van der Waals surface area contributed by atoms with Crippen LogP contribution in [0.25, 0.3) is 0 Å². The van der Waals surface area contributed by atoms with Gasteiger partial charge in [0.15, 0.2) is 0 Å². The molecule has 1 amide bonds. The van der Waals surface area contributed by atoms with Crippen molar-refractivity contribution >= 4 is 39.9 Å². The van der Waals surface area contributed by atoms with E-state index in [1.165, 1.54) is 12.1 Å². The molecule has 3 N–H and O–H groups in total. The summed E-state index contributed by atoms with van der Waals surface area (Å²) < 4.78 is 14.5. The lowest BCUT2D eigenvalue weighted by Crippen LogP contribution is -2.13. The molecule has 0 radical (unpaired) electrons. The van der Waals surface area contributed by atoms with Gasteiger partial charge in [0.25, 0.3) is 5.91 Å². The van der Waals surface area contributed by atoms with Gasteiger partial charge in [0, 0.05) is 26.1 Å². The second kappa shape index (κ2) is 5.56. The number of anilines is 2. The van der Waals surface area contributed by atoms with E-state index in [-0.39, 0.29) is 17.2 Å². The van der Waals surface area contributed by atoms with Crippen LogP contribution in [0.15, 0.2) is 36.4 Å². The van der Waals surface area contributed by atoms with Crippen LogP contribution in [0.5, 0.6) is 0 Å². The largest absolute Gasteiger partial charge is 0.398 e. The number of nitrogens with one attached hydrogen (secondary N) is 1. The average molecular weight is 370 g/mol. The maximum absolute atomic E-state index is 13.5. The van der Waals surface area contributed by atoms with Gasteiger partial charge in [-0.25, -0.2) is 4.39 Å². The van der Waals surface area contributed by atoms with Crippen LogP contribution >= 0.6 is 22.6 Å². The number of halogens is 2. The summed E-state index contributed by atoms with van der Waals surface area (Å²) in [7, 11) is 0. The van der Waals surface area contributed by atoms with E-state index in [0.717, 1.165) is 3.57 Å². The molecule has 5 heteroatoms. The molecule has 0 aliphatic rings. The fraction of sp³-hybridized carbons (Fsp3) is 0.0714. The second-order valence-corrected chi connectivity index (χ2v) is 5.38. The van der Waals surface area contributed by atoms with E-state index in [1.54, 1.807) is 13.0 Å². The third kappa shape index (κ3) is 3.23. The Hall–Kier alpha value is -1.63. The Balaban J connectivity index is 2.25. The lowest BCUT2D eigenvalue weighted by molar-refractivity contribution is 0.102. The summed E-state index contributed by atoms with van der Waals surface area (Å²) in [6.07, 6.45) is 0. The van der Waals surface area contributed by atoms with Gasteiger partial charge >= 0.3 is 0 Å². The third-order valence-corrected chi connectivity index (χ3v) is 3.40. The quantitative estimate of drug-likeness (QED) is 0.627. The Kier molecular flexibility index (Phi) is 4.04. The SMILES string of the molecule is Cc1c(N)cc(C(=O)Nc2cccc(I)c2)cc1F. The highest BCUT2D eigenvalue weighted by Crippen LogP contribution is 2.19. The molecule has 0 saturated heterocycles. The second-order valence-electron chi connectivity index (χ2n) is 4.14. The van der Waals surface area contributed by atoms with Crippen molar-refractivity contribution in [2.75, 3.05) is 11.1 Å². The number of hydrogen-bond donors (Lipinski definition) is 2. The van der Waals surface area contributed by atoms with Gasteiger partial charge in [-0.3, -0.25) is 4.79 Å². The zero-order valence-electron chi connectivity index (χ0n) is 10.2. The van der Waals surface area contributed by atoms with E-state index >= 15 is 0 Å². The summed E-state index contributed by atoms with van der Waals surface area (Å²) in [5.74, 6) is -0.861. The van der Waals surface area contributed by atoms with Crippen LogP contribution in [-0.4, -0.2) is 5.91 Å². The molecule has 0 aliphatic heterocycles. The van der Waals surface area contributed by atoms with Crippen molar-refractivity contribution < 1.29 is 9.18 Å². The van der Waals surface area contributed by atoms with Gasteiger partial charge in [0.2, 0.25) is 0 Å². The van der Waals surface area contributed by atoms with Gasteiger partial charge < -0.3 is 11.1 Å². The van der Waals surface area contributed by atoms with Crippen molar-refractivity contribution in [1.82, 2.24) is 0 Å². The van der Waals surface area contributed by atoms with Crippen LogP contribution in [0.2, 0.25) is 0 Å². The summed E-state index contributed by atoms with van der Waals surface area (Å²) in [5, 5.41) is 2.71. The molecule has 3 nitrogen and oxygen atoms in total. The molecule has 0 atom stereocenters. The number of rotatable bonds is 2. The van der Waals surface area contributed by atoms with Gasteiger partial charge in [-0.15, -0.1) is 0 Å². The summed E-state index contributed by atoms with van der Waals surface area (Å²) in [4.78, 5) is 12.0. The molecule has 0 fully saturated rings. The van der Waals surface area contributed by atoms with Gasteiger partial charge in [-0.2, -0.15) is 0 Å². The first-order valence-electron chi connectivity index (χ1n) is 5.60. The predicted octanol–water partition coefficient (Wildman–Crippen LogP) is 3.57. The van der Waals surface area contributed by atoms with Crippen molar-refractivity contribution in [3.05, 3.63) is 56.9 Å². The molecule has 98 valence electrons. The van der Waals surface area contributed by atoms with E-state index in [9.17, 15) is 9.18 Å². The molecule has 19 heavy (non-hydrogen) atoms. The summed E-state index contributed by atoms with van der Waals surface area (Å²) in [6, 6.07) is 10.0. The first-order chi connectivity index (χ1) is 8.97. The van der Waals surface area contributed by atoms with E-state index in [2.05, 4.69) is 27.9 Å². The Morgan fingerprint density at radius 2 is 2.05 bits per heavy atom. The van der Waals surface area contributed by atoms with Crippen molar-refractivity contribution in [1.29, 1.82) is 0 Å². The molecule has 0 spiro atoms. The first kappa shape index (κ1) is 13.8. The minimum Gasteiger partial charge on any atom is -0.398 e. The fourth-order valence-corrected chi connectivity index (χ4v) is 2.14. The van der Waals surface area contributed by atoms with Gasteiger partial charge in [-0.1, -0.05) is 6.07 Å². The Bertz CT molecular complexity index is 620. The molecule has 0 aliphatic carbocycles. The lowest BCUT2D eigenvalue weighted by Gasteiger charge is -2.08. The zero-order chi connectivity index (χ0) is 14.0. The standard InChI is InChI=1S/C14H12FIN2O/c1-8-12(15)5-9(6-13(8)17)14(19)18-11-4-2-3-10(16)7-11/h2-7H,17H2,1H3,(H,18,19). The molecule has 0 saturated carbocycles. The maximum atomic E-state index is 13.5. The molecule has 0 bridgehead atoms. The summed E-state index contributed by atoms with van der Waals surface area (Å²) in [6.45, 7) is 1.58. The maximum Gasteiger partial charge on any atom is 0.255 e. The number of hydrogen-bond acceptors (Lipinski definition) is 2. The van der Waals surface area contributed by atoms with Crippen LogP contribution in [-0.2, 0) is 0 Å². The van der Waals surface area contributed by atoms with Crippen LogP contribution in [0.4, 0.5) is 15.8 Å². The van der Waals surface area contributed by atoms with Crippen LogP contribution in [0.1, 0.15) is 15.9 Å². The number of amides is 1. The minimum absolute atomic E-state index is 0.208. The highest BCUT2D eigenvalue weighted by molar-refractivity contribution is 14.1. The minimum atomic E-state index is -0.479. The molecule has 2 aromatic carbocycles. The monoisotopic (exact) mass is 370 g/mol. The van der Waals surface area contributed by atoms with Gasteiger partial charge in [0.05, 0.1) is 0 Å². The van der Waals surface area contributed by atoms with Crippen LogP contribution in [0.3, 0.4) is 0 Å². The summed E-state index contributed by atoms with van der Waals surface area (Å²) in [5.41, 5.74) is 7.15. The Morgan fingerprint density at radius 1 is 1.32 bits per heavy atom. The van der Waals surface area contributed by atoms with Crippen molar-refractivity contribution in [3.8, 4) is 0 Å². The van der Waals surface area contributed by atoms with Crippen LogP contribution < -0.4 is 11.1 Å². The predicted molar refractivity (Wildman–Crippen MR) is 82.7 cm³/mol. The van der Waals surface area contributed by atoms with E-state index in [1.807, 2.05) is 18.2 Å². The Morgan fingerprint density at radius 3 is 2.68 bits per heavy atom. The van der Waals surface area contributed by atoms with E-state index in [0.29, 0.717) is 11.3 Å². The number of carbonyl (C=O) groups is 1. The first-order valence-corrected chi connectivity index (χ1v) is 6.68. The molecule has 2 rings (SSSR count). The lowest BCUT2D eigenvalue weighted by atomic mass is 10.1. The normalized spacial score (nSPS) is 10.3. The van der Waals surface area contributed by atoms with Crippen molar-refractivity contribution in [3.63, 3.8) is 0 Å². The molecule has 0 unspecified atom stereocenters. The highest BCUT2D eigenvalue weighted by atomic mass is 127. The fourth-order valence-electron chi connectivity index (χ4n) is 1.60. The number of nitrogens with two attached hydrogens (primary N) is 1. The number of nitrogen functional groups attached to an aromatic ring is 1. The molecule has 0 heterocycles. The van der Waals surface area contributed by atoms with E-state index < -0.39 is 5.82 Å². The molecule has 2 aromatic rings.